The molecule has 1 saturated heterocycles. The topological polar surface area (TPSA) is 74.4 Å². The number of benzene rings is 1. The Kier molecular flexibility index (Phi) is 5.90. The summed E-state index contributed by atoms with van der Waals surface area (Å²) >= 11 is 6.17. The second kappa shape index (κ2) is 8.42. The maximum Gasteiger partial charge on any atom is 0.387 e. The fraction of sp³-hybridized carbons (Fsp3) is 0.476. The summed E-state index contributed by atoms with van der Waals surface area (Å²) in [5.74, 6) is 0.0473. The van der Waals surface area contributed by atoms with Gasteiger partial charge in [-0.05, 0) is 61.8 Å². The van der Waals surface area contributed by atoms with Crippen molar-refractivity contribution in [2.24, 2.45) is 0 Å². The number of rotatable bonds is 7. The van der Waals surface area contributed by atoms with E-state index in [1.54, 1.807) is 12.1 Å². The molecule has 1 aromatic carbocycles. The number of ether oxygens (including phenoxy) is 1. The smallest absolute Gasteiger partial charge is 0.387 e. The van der Waals surface area contributed by atoms with Gasteiger partial charge >= 0.3 is 6.61 Å². The number of hydrogen-bond donors (Lipinski definition) is 3. The van der Waals surface area contributed by atoms with Gasteiger partial charge in [0.25, 0.3) is 5.56 Å². The van der Waals surface area contributed by atoms with Crippen molar-refractivity contribution in [3.8, 4) is 5.75 Å². The molecule has 3 N–H and O–H groups in total. The highest BCUT2D eigenvalue weighted by Gasteiger charge is 2.29. The maximum absolute atomic E-state index is 12.5. The van der Waals surface area contributed by atoms with Gasteiger partial charge in [0.05, 0.1) is 5.02 Å². The van der Waals surface area contributed by atoms with Crippen LogP contribution in [0.25, 0.3) is 0 Å². The SMILES string of the molecule is O=c1[nH]c(C(C[C@H]2CCC(O)N2)c2ccc(OC(F)F)c(Cl)c2)ccc1C1CC1. The molecule has 4 rings (SSSR count). The summed E-state index contributed by atoms with van der Waals surface area (Å²) in [7, 11) is 0. The molecule has 2 aliphatic rings. The Bertz CT molecular complexity index is 932. The molecule has 156 valence electrons. The number of pyridine rings is 1. The third-order valence-electron chi connectivity index (χ3n) is 5.67. The van der Waals surface area contributed by atoms with Gasteiger partial charge in [0.2, 0.25) is 0 Å². The number of alkyl halides is 2. The minimum atomic E-state index is -2.95. The highest BCUT2D eigenvalue weighted by atomic mass is 35.5. The number of halogens is 3. The van der Waals surface area contributed by atoms with E-state index in [-0.39, 0.29) is 28.3 Å². The number of H-pyrrole nitrogens is 1. The molecule has 0 spiro atoms. The van der Waals surface area contributed by atoms with Gasteiger partial charge < -0.3 is 14.8 Å². The van der Waals surface area contributed by atoms with E-state index in [9.17, 15) is 18.7 Å². The highest BCUT2D eigenvalue weighted by molar-refractivity contribution is 6.32. The van der Waals surface area contributed by atoms with E-state index in [1.807, 2.05) is 12.1 Å². The first kappa shape index (κ1) is 20.3. The van der Waals surface area contributed by atoms with E-state index in [2.05, 4.69) is 15.0 Å². The van der Waals surface area contributed by atoms with Crippen LogP contribution in [0.15, 0.2) is 35.1 Å². The largest absolute Gasteiger partial charge is 0.433 e. The summed E-state index contributed by atoms with van der Waals surface area (Å²) < 4.78 is 29.5. The third kappa shape index (κ3) is 4.79. The van der Waals surface area contributed by atoms with Crippen molar-refractivity contribution in [2.45, 2.75) is 62.8 Å². The van der Waals surface area contributed by atoms with Crippen LogP contribution in [-0.2, 0) is 0 Å². The van der Waals surface area contributed by atoms with Crippen LogP contribution in [0, 0.1) is 0 Å². The van der Waals surface area contributed by atoms with Crippen LogP contribution >= 0.6 is 11.6 Å². The Morgan fingerprint density at radius 2 is 1.97 bits per heavy atom. The van der Waals surface area contributed by atoms with Crippen molar-refractivity contribution in [1.82, 2.24) is 10.3 Å². The van der Waals surface area contributed by atoms with Gasteiger partial charge in [0, 0.05) is 23.2 Å². The van der Waals surface area contributed by atoms with Crippen LogP contribution in [0.1, 0.15) is 60.8 Å². The van der Waals surface area contributed by atoms with Gasteiger partial charge in [-0.25, -0.2) is 0 Å². The number of aromatic amines is 1. The Balaban J connectivity index is 1.65. The van der Waals surface area contributed by atoms with Gasteiger partial charge in [0.1, 0.15) is 12.0 Å². The number of aliphatic hydroxyl groups excluding tert-OH is 1. The van der Waals surface area contributed by atoms with Crippen LogP contribution in [0.4, 0.5) is 8.78 Å². The molecule has 2 unspecified atom stereocenters. The maximum atomic E-state index is 12.5. The summed E-state index contributed by atoms with van der Waals surface area (Å²) in [5.41, 5.74) is 2.25. The third-order valence-corrected chi connectivity index (χ3v) is 5.96. The van der Waals surface area contributed by atoms with Gasteiger partial charge in [-0.1, -0.05) is 23.7 Å². The molecule has 5 nitrogen and oxygen atoms in total. The van der Waals surface area contributed by atoms with E-state index < -0.39 is 12.8 Å². The Morgan fingerprint density at radius 3 is 2.55 bits per heavy atom. The molecule has 29 heavy (non-hydrogen) atoms. The number of hydrogen-bond acceptors (Lipinski definition) is 4. The van der Waals surface area contributed by atoms with Gasteiger partial charge in [-0.2, -0.15) is 8.78 Å². The van der Waals surface area contributed by atoms with Gasteiger partial charge in [-0.3, -0.25) is 10.1 Å². The average molecular weight is 425 g/mol. The second-order valence-electron chi connectivity index (χ2n) is 7.79. The lowest BCUT2D eigenvalue weighted by molar-refractivity contribution is -0.0497. The Morgan fingerprint density at radius 1 is 1.17 bits per heavy atom. The van der Waals surface area contributed by atoms with E-state index in [0.717, 1.165) is 36.1 Å². The highest BCUT2D eigenvalue weighted by Crippen LogP contribution is 2.39. The molecule has 1 aromatic heterocycles. The molecular formula is C21H23ClF2N2O3. The van der Waals surface area contributed by atoms with Crippen molar-refractivity contribution in [1.29, 1.82) is 0 Å². The van der Waals surface area contributed by atoms with Crippen molar-refractivity contribution >= 4 is 11.6 Å². The average Bonchev–Trinajstić information content (AvgIpc) is 3.42. The van der Waals surface area contributed by atoms with Crippen LogP contribution in [0.5, 0.6) is 5.75 Å². The standard InChI is InChI=1S/C21H23ClF2N2O3/c22-16-9-12(3-7-18(16)29-21(23)24)15(10-13-4-8-19(27)25-13)17-6-5-14(11-1-2-11)20(28)26-17/h3,5-7,9,11,13,15,19,21,25,27H,1-2,4,8,10H2,(H,26,28)/t13-,15?,19?/m1/s1. The zero-order valence-corrected chi connectivity index (χ0v) is 16.5. The van der Waals surface area contributed by atoms with Crippen LogP contribution in [0.3, 0.4) is 0 Å². The van der Waals surface area contributed by atoms with Crippen LogP contribution < -0.4 is 15.6 Å². The lowest BCUT2D eigenvalue weighted by Gasteiger charge is -2.23. The molecule has 8 heteroatoms. The van der Waals surface area contributed by atoms with Gasteiger partial charge in [0.15, 0.2) is 0 Å². The lowest BCUT2D eigenvalue weighted by atomic mass is 9.88. The first-order valence-corrected chi connectivity index (χ1v) is 10.2. The monoisotopic (exact) mass is 424 g/mol. The van der Waals surface area contributed by atoms with Crippen LogP contribution in [-0.4, -0.2) is 29.0 Å². The summed E-state index contributed by atoms with van der Waals surface area (Å²) in [6.07, 6.45) is 3.63. The van der Waals surface area contributed by atoms with Gasteiger partial charge in [-0.15, -0.1) is 0 Å². The zero-order chi connectivity index (χ0) is 20.5. The van der Waals surface area contributed by atoms with Crippen LogP contribution in [0.2, 0.25) is 5.02 Å². The molecule has 3 atom stereocenters. The summed E-state index contributed by atoms with van der Waals surface area (Å²) in [5, 5.41) is 13.0. The molecule has 2 fully saturated rings. The number of aromatic nitrogens is 1. The molecule has 2 aromatic rings. The van der Waals surface area contributed by atoms with Crippen molar-refractivity contribution in [2.75, 3.05) is 0 Å². The molecule has 1 aliphatic heterocycles. The quantitative estimate of drug-likeness (QED) is 0.625. The van der Waals surface area contributed by atoms with Crippen molar-refractivity contribution in [3.63, 3.8) is 0 Å². The van der Waals surface area contributed by atoms with E-state index in [1.165, 1.54) is 6.07 Å². The zero-order valence-electron chi connectivity index (χ0n) is 15.7. The fourth-order valence-electron chi connectivity index (χ4n) is 4.06. The summed E-state index contributed by atoms with van der Waals surface area (Å²) in [6, 6.07) is 8.57. The van der Waals surface area contributed by atoms with E-state index in [4.69, 9.17) is 11.6 Å². The molecule has 1 aliphatic carbocycles. The molecule has 0 amide bonds. The minimum Gasteiger partial charge on any atom is -0.433 e. The Hall–Kier alpha value is -1.96. The van der Waals surface area contributed by atoms with Crippen molar-refractivity contribution < 1.29 is 18.6 Å². The summed E-state index contributed by atoms with van der Waals surface area (Å²) in [4.78, 5) is 15.6. The van der Waals surface area contributed by atoms with E-state index >= 15 is 0 Å². The van der Waals surface area contributed by atoms with E-state index in [0.29, 0.717) is 18.8 Å². The molecule has 0 bridgehead atoms. The lowest BCUT2D eigenvalue weighted by Crippen LogP contribution is -2.31. The molecule has 0 radical (unpaired) electrons. The molecule has 2 heterocycles. The molecular weight excluding hydrogens is 402 g/mol. The normalized spacial score (nSPS) is 22.8. The first-order valence-electron chi connectivity index (χ1n) is 9.82. The first-order chi connectivity index (χ1) is 13.9. The second-order valence-corrected chi connectivity index (χ2v) is 8.19. The predicted octanol–water partition coefficient (Wildman–Crippen LogP) is 4.10. The Labute approximate surface area is 172 Å². The number of aliphatic hydroxyl groups is 1. The minimum absolute atomic E-state index is 0.0670. The van der Waals surface area contributed by atoms with Crippen molar-refractivity contribution in [3.05, 3.63) is 62.5 Å². The molecule has 1 saturated carbocycles. The predicted molar refractivity (Wildman–Crippen MR) is 106 cm³/mol. The number of nitrogens with one attached hydrogen (secondary N) is 2. The summed E-state index contributed by atoms with van der Waals surface area (Å²) in [6.45, 7) is -2.95. The fourth-order valence-corrected chi connectivity index (χ4v) is 4.29.